The van der Waals surface area contributed by atoms with Crippen LogP contribution >= 0.6 is 11.9 Å². The van der Waals surface area contributed by atoms with Crippen LogP contribution in [0.15, 0.2) is 16.5 Å². The summed E-state index contributed by atoms with van der Waals surface area (Å²) in [5, 5.41) is 3.17. The van der Waals surface area contributed by atoms with E-state index in [4.69, 9.17) is 4.40 Å². The van der Waals surface area contributed by atoms with Gasteiger partial charge in [-0.25, -0.2) is 4.40 Å². The topological polar surface area (TPSA) is 41.5 Å². The summed E-state index contributed by atoms with van der Waals surface area (Å²) in [5.74, 6) is 0.167. The minimum atomic E-state index is 0.00636. The van der Waals surface area contributed by atoms with Crippen molar-refractivity contribution in [2.75, 3.05) is 12.8 Å². The van der Waals surface area contributed by atoms with Gasteiger partial charge in [-0.3, -0.25) is 4.79 Å². The van der Waals surface area contributed by atoms with Crippen LogP contribution in [0.1, 0.15) is 72.6 Å². The number of hydrogen-bond acceptors (Lipinski definition) is 3. The van der Waals surface area contributed by atoms with Crippen LogP contribution < -0.4 is 5.32 Å². The number of nitrogens with one attached hydrogen (secondary N) is 1. The molecule has 1 amide bonds. The molecule has 132 valence electrons. The zero-order chi connectivity index (χ0) is 17.3. The van der Waals surface area contributed by atoms with Crippen molar-refractivity contribution >= 4 is 23.6 Å². The molecule has 0 aliphatic heterocycles. The van der Waals surface area contributed by atoms with Gasteiger partial charge in [-0.05, 0) is 42.7 Å². The summed E-state index contributed by atoms with van der Waals surface area (Å²) in [4.78, 5) is 12.0. The van der Waals surface area contributed by atoms with Gasteiger partial charge in [0.2, 0.25) is 5.91 Å². The van der Waals surface area contributed by atoms with Crippen LogP contribution in [0.3, 0.4) is 0 Å². The number of nitrogens with zero attached hydrogens (tertiary/aromatic N) is 1. The molecule has 0 radical (unpaired) electrons. The third-order valence-electron chi connectivity index (χ3n) is 4.39. The number of carbonyl (C=O) groups excluding carboxylic acids is 1. The van der Waals surface area contributed by atoms with Gasteiger partial charge in [-0.1, -0.05) is 53.0 Å². The van der Waals surface area contributed by atoms with Crippen molar-refractivity contribution in [1.29, 1.82) is 0 Å². The molecule has 0 saturated heterocycles. The van der Waals surface area contributed by atoms with Crippen molar-refractivity contribution in [3.8, 4) is 0 Å². The lowest BCUT2D eigenvalue weighted by Gasteiger charge is -2.38. The van der Waals surface area contributed by atoms with Gasteiger partial charge in [-0.15, -0.1) is 0 Å². The van der Waals surface area contributed by atoms with Crippen LogP contribution in [0, 0.1) is 10.8 Å². The Kier molecular flexibility index (Phi) is 8.38. The minimum absolute atomic E-state index is 0.00636. The molecule has 1 rings (SSSR count). The minimum Gasteiger partial charge on any atom is -0.355 e. The zero-order valence-electron chi connectivity index (χ0n) is 15.6. The lowest BCUT2D eigenvalue weighted by molar-refractivity contribution is -0.121. The second kappa shape index (κ2) is 9.51. The quantitative estimate of drug-likeness (QED) is 0.513. The number of carbonyl (C=O) groups is 1. The molecule has 23 heavy (non-hydrogen) atoms. The number of amides is 1. The normalized spacial score (nSPS) is 19.1. The zero-order valence-corrected chi connectivity index (χ0v) is 16.4. The second-order valence-corrected chi connectivity index (χ2v) is 8.27. The number of hydrogen-bond donors (Lipinski definition) is 1. The molecule has 1 fully saturated rings. The van der Waals surface area contributed by atoms with Crippen LogP contribution in [-0.4, -0.2) is 24.4 Å². The van der Waals surface area contributed by atoms with Crippen molar-refractivity contribution < 1.29 is 4.79 Å². The Balaban J connectivity index is 2.97. The van der Waals surface area contributed by atoms with Crippen LogP contribution in [0.4, 0.5) is 0 Å². The fourth-order valence-corrected chi connectivity index (χ4v) is 3.52. The first kappa shape index (κ1) is 20.3. The van der Waals surface area contributed by atoms with Gasteiger partial charge in [0.1, 0.15) is 0 Å². The largest absolute Gasteiger partial charge is 0.355 e. The van der Waals surface area contributed by atoms with Gasteiger partial charge >= 0.3 is 0 Å². The molecular formula is C19H34N2OS. The Morgan fingerprint density at radius 1 is 1.26 bits per heavy atom. The maximum Gasteiger partial charge on any atom is 0.220 e. The highest BCUT2D eigenvalue weighted by molar-refractivity contribution is 7.97. The molecule has 4 heteroatoms. The Bertz CT molecular complexity index is 429. The van der Waals surface area contributed by atoms with E-state index in [-0.39, 0.29) is 16.7 Å². The van der Waals surface area contributed by atoms with Crippen LogP contribution in [0.25, 0.3) is 0 Å². The van der Waals surface area contributed by atoms with Gasteiger partial charge in [0.25, 0.3) is 0 Å². The van der Waals surface area contributed by atoms with Gasteiger partial charge < -0.3 is 5.32 Å². The van der Waals surface area contributed by atoms with E-state index >= 15 is 0 Å². The second-order valence-electron chi connectivity index (χ2n) is 7.73. The van der Waals surface area contributed by atoms with Gasteiger partial charge in [0, 0.05) is 24.6 Å². The molecule has 0 spiro atoms. The third kappa shape index (κ3) is 7.11. The lowest BCUT2D eigenvalue weighted by Crippen LogP contribution is -2.43. The van der Waals surface area contributed by atoms with Gasteiger partial charge in [0.15, 0.2) is 0 Å². The van der Waals surface area contributed by atoms with Crippen molar-refractivity contribution in [3.63, 3.8) is 0 Å². The van der Waals surface area contributed by atoms with E-state index in [2.05, 4.69) is 38.2 Å². The summed E-state index contributed by atoms with van der Waals surface area (Å²) < 4.78 is 4.74. The van der Waals surface area contributed by atoms with Crippen molar-refractivity contribution in [2.24, 2.45) is 15.2 Å². The molecule has 0 aromatic heterocycles. The maximum atomic E-state index is 12.0. The van der Waals surface area contributed by atoms with Gasteiger partial charge in [0.05, 0.1) is 5.71 Å². The van der Waals surface area contributed by atoms with Crippen molar-refractivity contribution in [1.82, 2.24) is 5.32 Å². The molecule has 1 aliphatic carbocycles. The van der Waals surface area contributed by atoms with E-state index in [0.29, 0.717) is 6.42 Å². The van der Waals surface area contributed by atoms with Crippen molar-refractivity contribution in [3.05, 3.63) is 12.2 Å². The maximum absolute atomic E-state index is 12.0. The van der Waals surface area contributed by atoms with Crippen molar-refractivity contribution in [2.45, 2.75) is 72.6 Å². The molecular weight excluding hydrogens is 304 g/mol. The molecule has 0 aromatic rings. The summed E-state index contributed by atoms with van der Waals surface area (Å²) in [6.45, 7) is 9.38. The van der Waals surface area contributed by atoms with E-state index in [0.717, 1.165) is 31.5 Å². The fraction of sp³-hybridized carbons (Fsp3) is 0.789. The summed E-state index contributed by atoms with van der Waals surface area (Å²) in [6.07, 6.45) is 13.9. The molecule has 0 heterocycles. The average Bonchev–Trinajstić information content (AvgIpc) is 2.50. The van der Waals surface area contributed by atoms with E-state index in [1.54, 1.807) is 0 Å². The summed E-state index contributed by atoms with van der Waals surface area (Å²) in [7, 11) is 0. The Morgan fingerprint density at radius 3 is 2.43 bits per heavy atom. The highest BCUT2D eigenvalue weighted by atomic mass is 32.2. The molecule has 0 aromatic carbocycles. The van der Waals surface area contributed by atoms with E-state index in [1.807, 2.05) is 13.2 Å². The Hall–Kier alpha value is -0.770. The number of rotatable bonds is 7. The molecule has 1 N–H and O–H groups in total. The fourth-order valence-electron chi connectivity index (χ4n) is 3.07. The van der Waals surface area contributed by atoms with E-state index in [1.165, 1.54) is 31.2 Å². The summed E-state index contributed by atoms with van der Waals surface area (Å²) in [6, 6.07) is 0. The van der Waals surface area contributed by atoms with Crippen LogP contribution in [0.5, 0.6) is 0 Å². The molecule has 1 saturated carbocycles. The molecule has 3 nitrogen and oxygen atoms in total. The van der Waals surface area contributed by atoms with E-state index < -0.39 is 0 Å². The first-order chi connectivity index (χ1) is 10.8. The standard InChI is InChI=1S/C19H34N2OS/c1-6-10-17(22)20-15-19(12-8-7-9-13-19)16(21-23-5)11-14-18(2,3)4/h11,14H,6-10,12-13,15H2,1-5H3,(H,20,22)/b14-11-,21-16+. The lowest BCUT2D eigenvalue weighted by atomic mass is 9.70. The summed E-state index contributed by atoms with van der Waals surface area (Å²) >= 11 is 1.52. The smallest absolute Gasteiger partial charge is 0.220 e. The SMILES string of the molecule is CCCC(=O)NCC1(C(/C=C\C(C)(C)C)=N/SC)CCCCC1. The van der Waals surface area contributed by atoms with Gasteiger partial charge in [-0.2, -0.15) is 0 Å². The molecule has 1 aliphatic rings. The number of allylic oxidation sites excluding steroid dienone is 2. The van der Waals surface area contributed by atoms with E-state index in [9.17, 15) is 4.79 Å². The highest BCUT2D eigenvalue weighted by Crippen LogP contribution is 2.39. The third-order valence-corrected chi connectivity index (χ3v) is 4.77. The average molecular weight is 339 g/mol. The highest BCUT2D eigenvalue weighted by Gasteiger charge is 2.36. The monoisotopic (exact) mass is 338 g/mol. The Labute approximate surface area is 146 Å². The predicted octanol–water partition coefficient (Wildman–Crippen LogP) is 5.17. The molecule has 0 atom stereocenters. The summed E-state index contributed by atoms with van der Waals surface area (Å²) in [5.41, 5.74) is 1.30. The van der Waals surface area contributed by atoms with Crippen LogP contribution in [0.2, 0.25) is 0 Å². The molecule has 0 unspecified atom stereocenters. The first-order valence-corrected chi connectivity index (χ1v) is 10.1. The Morgan fingerprint density at radius 2 is 1.91 bits per heavy atom. The predicted molar refractivity (Wildman–Crippen MR) is 103 cm³/mol. The molecule has 0 bridgehead atoms. The van der Waals surface area contributed by atoms with Crippen LogP contribution in [-0.2, 0) is 4.79 Å². The first-order valence-electron chi connectivity index (χ1n) is 8.90.